The van der Waals surface area contributed by atoms with E-state index in [0.29, 0.717) is 29.2 Å². The molecule has 4 heterocycles. The highest BCUT2D eigenvalue weighted by Gasteiger charge is 2.59. The molecular formula is C34H41ClN6O7S. The van der Waals surface area contributed by atoms with E-state index in [-0.39, 0.29) is 45.0 Å². The topological polar surface area (TPSA) is 134 Å². The van der Waals surface area contributed by atoms with Gasteiger partial charge in [0.05, 0.1) is 32.1 Å². The number of nitrogens with one attached hydrogen (secondary N) is 1. The van der Waals surface area contributed by atoms with Gasteiger partial charge in [0.2, 0.25) is 5.88 Å². The number of urea groups is 1. The molecule has 262 valence electrons. The molecule has 1 aromatic heterocycles. The molecule has 2 fully saturated rings. The maximum absolute atomic E-state index is 15.1. The Labute approximate surface area is 291 Å². The van der Waals surface area contributed by atoms with Crippen LogP contribution in [0.4, 0.5) is 10.5 Å². The molecule has 3 aromatic rings. The molecule has 2 aromatic carbocycles. The Hall–Kier alpha value is -4.11. The minimum atomic E-state index is -4.65. The lowest BCUT2D eigenvalue weighted by Crippen LogP contribution is -2.59. The monoisotopic (exact) mass is 712 g/mol. The number of nitrogens with zero attached hydrogens (tertiary/aromatic N) is 5. The summed E-state index contributed by atoms with van der Waals surface area (Å²) in [6, 6.07) is 11.7. The number of halogens is 1. The average Bonchev–Trinajstić information content (AvgIpc) is 3.36. The fraction of sp³-hybridized carbons (Fsp3) is 0.441. The predicted octanol–water partition coefficient (Wildman–Crippen LogP) is 3.55. The minimum absolute atomic E-state index is 0.0210. The number of rotatable bonds is 9. The van der Waals surface area contributed by atoms with Crippen molar-refractivity contribution in [1.29, 1.82) is 0 Å². The summed E-state index contributed by atoms with van der Waals surface area (Å²) >= 11 is 6.54. The highest BCUT2D eigenvalue weighted by atomic mass is 35.5. The van der Waals surface area contributed by atoms with E-state index in [1.54, 1.807) is 24.0 Å². The second kappa shape index (κ2) is 14.0. The second-order valence-corrected chi connectivity index (χ2v) is 14.5. The number of likely N-dealkylation sites (tertiary alicyclic amines) is 1. The number of ether oxygens (including phenoxy) is 3. The Morgan fingerprint density at radius 1 is 1.00 bits per heavy atom. The summed E-state index contributed by atoms with van der Waals surface area (Å²) in [6.45, 7) is 6.86. The molecule has 3 aliphatic heterocycles. The number of pyridine rings is 1. The lowest BCUT2D eigenvalue weighted by molar-refractivity contribution is -0.121. The molecule has 1 unspecified atom stereocenters. The van der Waals surface area contributed by atoms with E-state index >= 15 is 4.79 Å². The van der Waals surface area contributed by atoms with Crippen molar-refractivity contribution in [3.05, 3.63) is 70.9 Å². The largest absolute Gasteiger partial charge is 0.497 e. The minimum Gasteiger partial charge on any atom is -0.497 e. The summed E-state index contributed by atoms with van der Waals surface area (Å²) in [4.78, 5) is 40.0. The number of piperidine rings is 1. The van der Waals surface area contributed by atoms with Gasteiger partial charge in [-0.25, -0.2) is 18.2 Å². The van der Waals surface area contributed by atoms with Gasteiger partial charge in [0.15, 0.2) is 5.54 Å². The number of piperazine rings is 1. The van der Waals surface area contributed by atoms with Crippen LogP contribution in [0.2, 0.25) is 5.02 Å². The zero-order chi connectivity index (χ0) is 34.9. The molecule has 49 heavy (non-hydrogen) atoms. The molecule has 0 bridgehead atoms. The fourth-order valence-electron chi connectivity index (χ4n) is 6.92. The molecule has 3 aliphatic rings. The third kappa shape index (κ3) is 6.26. The van der Waals surface area contributed by atoms with E-state index in [1.807, 2.05) is 0 Å². The smallest absolute Gasteiger partial charge is 0.318 e. The van der Waals surface area contributed by atoms with E-state index in [1.165, 1.54) is 56.8 Å². The molecule has 6 rings (SSSR count). The zero-order valence-electron chi connectivity index (χ0n) is 28.0. The van der Waals surface area contributed by atoms with Crippen molar-refractivity contribution in [3.8, 4) is 17.4 Å². The number of amides is 3. The lowest BCUT2D eigenvalue weighted by atomic mass is 9.84. The van der Waals surface area contributed by atoms with Gasteiger partial charge in [-0.1, -0.05) is 11.6 Å². The summed E-state index contributed by atoms with van der Waals surface area (Å²) in [5.41, 5.74) is -1.72. The van der Waals surface area contributed by atoms with Gasteiger partial charge in [-0.3, -0.25) is 9.69 Å². The number of hydrogen-bond donors (Lipinski definition) is 1. The van der Waals surface area contributed by atoms with Crippen LogP contribution in [0.25, 0.3) is 0 Å². The van der Waals surface area contributed by atoms with Gasteiger partial charge in [-0.15, -0.1) is 0 Å². The molecule has 0 saturated carbocycles. The molecule has 1 atom stereocenters. The summed E-state index contributed by atoms with van der Waals surface area (Å²) in [5, 5.41) is 3.23. The van der Waals surface area contributed by atoms with Crippen LogP contribution in [0, 0.1) is 0 Å². The van der Waals surface area contributed by atoms with Crippen molar-refractivity contribution in [2.45, 2.75) is 36.2 Å². The van der Waals surface area contributed by atoms with Crippen molar-refractivity contribution in [3.63, 3.8) is 0 Å². The first-order chi connectivity index (χ1) is 23.5. The normalized spacial score (nSPS) is 20.6. The van der Waals surface area contributed by atoms with E-state index < -0.39 is 27.5 Å². The van der Waals surface area contributed by atoms with Crippen LogP contribution in [0.15, 0.2) is 59.6 Å². The summed E-state index contributed by atoms with van der Waals surface area (Å²) in [7, 11) is 0.250. The molecule has 2 saturated heterocycles. The quantitative estimate of drug-likeness (QED) is 0.351. The van der Waals surface area contributed by atoms with Gasteiger partial charge >= 0.3 is 6.03 Å². The Morgan fingerprint density at radius 2 is 1.73 bits per heavy atom. The first kappa shape index (κ1) is 34.7. The highest BCUT2D eigenvalue weighted by molar-refractivity contribution is 7.93. The standard InChI is InChI=1S/C34H41ClN6O7S/c1-5-48-31-26(7-6-14-36-31)34(37-33(43)40-15-12-24(13-16-40)39-19-17-38(2)18-20-39)27-21-23(35)8-10-28(27)41(32(34)42)49(44,45)30-11-9-25(46-3)22-29(30)47-4/h6-11,14,21-22,24H,5,12-13,15-20H2,1-4H3,(H,37,43). The second-order valence-electron chi connectivity index (χ2n) is 12.3. The molecule has 0 aliphatic carbocycles. The predicted molar refractivity (Wildman–Crippen MR) is 184 cm³/mol. The Kier molecular flexibility index (Phi) is 9.94. The van der Waals surface area contributed by atoms with Crippen molar-refractivity contribution in [2.75, 3.05) is 71.4 Å². The van der Waals surface area contributed by atoms with Crippen molar-refractivity contribution in [1.82, 2.24) is 25.0 Å². The van der Waals surface area contributed by atoms with Crippen LogP contribution in [-0.4, -0.2) is 113 Å². The maximum atomic E-state index is 15.1. The van der Waals surface area contributed by atoms with Crippen LogP contribution in [0.1, 0.15) is 30.9 Å². The van der Waals surface area contributed by atoms with Gasteiger partial charge in [0, 0.05) is 68.2 Å². The van der Waals surface area contributed by atoms with E-state index in [2.05, 4.69) is 27.1 Å². The number of methoxy groups -OCH3 is 2. The van der Waals surface area contributed by atoms with Gasteiger partial charge in [-0.2, -0.15) is 4.31 Å². The SMILES string of the molecule is CCOc1ncccc1C1(NC(=O)N2CCC(N3CCN(C)CC3)CC2)C(=O)N(S(=O)(=O)c2ccc(OC)cc2OC)c2ccc(Cl)cc21. The van der Waals surface area contributed by atoms with E-state index in [4.69, 9.17) is 25.8 Å². The van der Waals surface area contributed by atoms with E-state index in [0.717, 1.165) is 39.0 Å². The lowest BCUT2D eigenvalue weighted by Gasteiger charge is -2.42. The van der Waals surface area contributed by atoms with E-state index in [9.17, 15) is 13.2 Å². The Balaban J connectivity index is 1.43. The first-order valence-corrected chi connectivity index (χ1v) is 18.1. The van der Waals surface area contributed by atoms with Gasteiger partial charge in [-0.05, 0) is 69.3 Å². The third-order valence-electron chi connectivity index (χ3n) is 9.53. The number of aromatic nitrogens is 1. The molecule has 13 nitrogen and oxygen atoms in total. The number of fused-ring (bicyclic) bond motifs is 1. The van der Waals surface area contributed by atoms with Crippen LogP contribution in [-0.2, 0) is 20.4 Å². The first-order valence-electron chi connectivity index (χ1n) is 16.2. The van der Waals surface area contributed by atoms with Crippen LogP contribution in [0.3, 0.4) is 0 Å². The average molecular weight is 713 g/mol. The maximum Gasteiger partial charge on any atom is 0.318 e. The summed E-state index contributed by atoms with van der Waals surface area (Å²) in [5.74, 6) is -0.536. The third-order valence-corrected chi connectivity index (χ3v) is 11.5. The molecule has 15 heteroatoms. The fourth-order valence-corrected chi connectivity index (χ4v) is 8.70. The molecule has 3 amide bonds. The van der Waals surface area contributed by atoms with Crippen molar-refractivity contribution >= 4 is 39.2 Å². The number of hydrogen-bond acceptors (Lipinski definition) is 10. The van der Waals surface area contributed by atoms with Gasteiger partial charge in [0.1, 0.15) is 16.4 Å². The number of carbonyl (C=O) groups is 2. The van der Waals surface area contributed by atoms with Gasteiger partial charge < -0.3 is 29.3 Å². The Bertz CT molecular complexity index is 1830. The number of carbonyl (C=O) groups excluding carboxylic acids is 2. The molecule has 0 spiro atoms. The number of benzene rings is 2. The molecule has 0 radical (unpaired) electrons. The summed E-state index contributed by atoms with van der Waals surface area (Å²) in [6.07, 6.45) is 3.05. The van der Waals surface area contributed by atoms with Gasteiger partial charge in [0.25, 0.3) is 15.9 Å². The van der Waals surface area contributed by atoms with Crippen molar-refractivity contribution < 1.29 is 32.2 Å². The van der Waals surface area contributed by atoms with Crippen molar-refractivity contribution in [2.24, 2.45) is 0 Å². The molecule has 1 N–H and O–H groups in total. The number of anilines is 1. The molecular weight excluding hydrogens is 672 g/mol. The number of likely N-dealkylation sites (N-methyl/N-ethyl adjacent to an activating group) is 1. The highest BCUT2D eigenvalue weighted by Crippen LogP contribution is 2.50. The summed E-state index contributed by atoms with van der Waals surface area (Å²) < 4.78 is 46.4. The number of sulfonamides is 1. The van der Waals surface area contributed by atoms with Crippen LogP contribution >= 0.6 is 11.6 Å². The van der Waals surface area contributed by atoms with Crippen LogP contribution in [0.5, 0.6) is 17.4 Å². The Morgan fingerprint density at radius 3 is 2.41 bits per heavy atom. The zero-order valence-corrected chi connectivity index (χ0v) is 29.6. The van der Waals surface area contributed by atoms with Crippen LogP contribution < -0.4 is 23.8 Å².